The van der Waals surface area contributed by atoms with Crippen LogP contribution < -0.4 is 10.6 Å². The second-order valence-corrected chi connectivity index (χ2v) is 5.90. The van der Waals surface area contributed by atoms with Gasteiger partial charge in [-0.15, -0.1) is 11.8 Å². The van der Waals surface area contributed by atoms with Crippen LogP contribution >= 0.6 is 11.8 Å². The zero-order valence-corrected chi connectivity index (χ0v) is 12.2. The van der Waals surface area contributed by atoms with Crippen molar-refractivity contribution in [2.75, 3.05) is 24.2 Å². The molecule has 0 saturated carbocycles. The third-order valence-electron chi connectivity index (χ3n) is 3.75. The Bertz CT molecular complexity index is 478. The minimum absolute atomic E-state index is 0.0908. The molecule has 2 rings (SSSR count). The number of hydrogen-bond acceptors (Lipinski definition) is 4. The molecule has 1 heterocycles. The first-order chi connectivity index (χ1) is 9.04. The van der Waals surface area contributed by atoms with E-state index in [1.807, 2.05) is 24.5 Å². The van der Waals surface area contributed by atoms with E-state index >= 15 is 0 Å². The monoisotopic (exact) mass is 279 g/mol. The van der Waals surface area contributed by atoms with Gasteiger partial charge in [0.1, 0.15) is 5.84 Å². The lowest BCUT2D eigenvalue weighted by molar-refractivity contribution is 0.103. The zero-order valence-electron chi connectivity index (χ0n) is 11.4. The Morgan fingerprint density at radius 3 is 2.84 bits per heavy atom. The van der Waals surface area contributed by atoms with E-state index in [1.54, 1.807) is 11.8 Å². The average Bonchev–Trinajstić information content (AvgIpc) is 2.40. The Balaban J connectivity index is 2.37. The van der Waals surface area contributed by atoms with Crippen molar-refractivity contribution in [2.24, 2.45) is 11.7 Å². The predicted octanol–water partition coefficient (Wildman–Crippen LogP) is 1.90. The number of nitrogen functional groups attached to an aromatic ring is 1. The van der Waals surface area contributed by atoms with Gasteiger partial charge in [0.15, 0.2) is 0 Å². The molecule has 0 amide bonds. The van der Waals surface area contributed by atoms with E-state index in [0.717, 1.165) is 29.1 Å². The maximum absolute atomic E-state index is 10.0. The van der Waals surface area contributed by atoms with E-state index in [-0.39, 0.29) is 11.9 Å². The van der Waals surface area contributed by atoms with Crippen LogP contribution in [0.15, 0.2) is 23.1 Å². The van der Waals surface area contributed by atoms with Crippen molar-refractivity contribution in [3.63, 3.8) is 0 Å². The summed E-state index contributed by atoms with van der Waals surface area (Å²) >= 11 is 1.59. The van der Waals surface area contributed by atoms with Gasteiger partial charge >= 0.3 is 0 Å². The first kappa shape index (κ1) is 14.2. The number of nitrogens with one attached hydrogen (secondary N) is 1. The highest BCUT2D eigenvalue weighted by Gasteiger charge is 2.26. The molecule has 19 heavy (non-hydrogen) atoms. The van der Waals surface area contributed by atoms with Crippen molar-refractivity contribution in [2.45, 2.75) is 24.3 Å². The predicted molar refractivity (Wildman–Crippen MR) is 81.2 cm³/mol. The van der Waals surface area contributed by atoms with Crippen LogP contribution in [0.25, 0.3) is 0 Å². The number of anilines is 1. The lowest BCUT2D eigenvalue weighted by Gasteiger charge is -2.37. The molecule has 1 aliphatic rings. The highest BCUT2D eigenvalue weighted by molar-refractivity contribution is 7.98. The SMILES string of the molecule is CSc1cccc(N2CCC(C)C(O)C2)c1C(=N)N. The molecule has 2 unspecified atom stereocenters. The maximum Gasteiger partial charge on any atom is 0.126 e. The number of benzene rings is 1. The van der Waals surface area contributed by atoms with Crippen molar-refractivity contribution in [3.05, 3.63) is 23.8 Å². The van der Waals surface area contributed by atoms with Crippen LogP contribution in [0.3, 0.4) is 0 Å². The summed E-state index contributed by atoms with van der Waals surface area (Å²) in [5.41, 5.74) is 7.49. The lowest BCUT2D eigenvalue weighted by atomic mass is 9.95. The molecule has 4 nitrogen and oxygen atoms in total. The fourth-order valence-corrected chi connectivity index (χ4v) is 3.12. The molecule has 1 saturated heterocycles. The standard InChI is InChI=1S/C14H21N3OS/c1-9-6-7-17(8-11(9)18)10-4-3-5-12(19-2)13(10)14(15)16/h3-5,9,11,18H,6-8H2,1-2H3,(H3,15,16). The van der Waals surface area contributed by atoms with E-state index in [9.17, 15) is 5.11 Å². The third kappa shape index (κ3) is 2.87. The van der Waals surface area contributed by atoms with Crippen LogP contribution in [0, 0.1) is 11.3 Å². The molecule has 1 aromatic rings. The molecule has 0 aromatic heterocycles. The minimum Gasteiger partial charge on any atom is -0.391 e. The number of β-amino-alcohol motifs (C(OH)–C–C–N with tert-alkyl or cyclic N) is 1. The fourth-order valence-electron chi connectivity index (χ4n) is 2.49. The Labute approximate surface area is 118 Å². The molecule has 1 fully saturated rings. The van der Waals surface area contributed by atoms with Crippen LogP contribution in [-0.2, 0) is 0 Å². The topological polar surface area (TPSA) is 73.3 Å². The maximum atomic E-state index is 10.0. The Hall–Kier alpha value is -1.20. The second-order valence-electron chi connectivity index (χ2n) is 5.05. The molecule has 0 bridgehead atoms. The van der Waals surface area contributed by atoms with Gasteiger partial charge in [0.25, 0.3) is 0 Å². The van der Waals surface area contributed by atoms with Crippen molar-refractivity contribution in [3.8, 4) is 0 Å². The average molecular weight is 279 g/mol. The number of aliphatic hydroxyl groups excluding tert-OH is 1. The summed E-state index contributed by atoms with van der Waals surface area (Å²) < 4.78 is 0. The van der Waals surface area contributed by atoms with E-state index < -0.39 is 0 Å². The molecule has 0 radical (unpaired) electrons. The number of piperidine rings is 1. The second kappa shape index (κ2) is 5.84. The normalized spacial score (nSPS) is 23.4. The number of nitrogens with two attached hydrogens (primary N) is 1. The number of rotatable bonds is 3. The molecule has 0 spiro atoms. The van der Waals surface area contributed by atoms with Gasteiger partial charge in [0, 0.05) is 23.7 Å². The summed E-state index contributed by atoms with van der Waals surface area (Å²) in [6, 6.07) is 5.95. The van der Waals surface area contributed by atoms with Crippen LogP contribution in [0.4, 0.5) is 5.69 Å². The molecule has 104 valence electrons. The van der Waals surface area contributed by atoms with Gasteiger partial charge in [-0.3, -0.25) is 5.41 Å². The Morgan fingerprint density at radius 1 is 1.53 bits per heavy atom. The summed E-state index contributed by atoms with van der Waals surface area (Å²) in [4.78, 5) is 3.15. The number of hydrogen-bond donors (Lipinski definition) is 3. The van der Waals surface area contributed by atoms with Crippen molar-refractivity contribution in [1.29, 1.82) is 5.41 Å². The Kier molecular flexibility index (Phi) is 4.37. The van der Waals surface area contributed by atoms with Gasteiger partial charge in [0.2, 0.25) is 0 Å². The van der Waals surface area contributed by atoms with E-state index in [4.69, 9.17) is 11.1 Å². The first-order valence-electron chi connectivity index (χ1n) is 6.49. The summed E-state index contributed by atoms with van der Waals surface area (Å²) in [7, 11) is 0. The Morgan fingerprint density at radius 2 is 2.26 bits per heavy atom. The summed E-state index contributed by atoms with van der Waals surface area (Å²) in [6.45, 7) is 3.59. The van der Waals surface area contributed by atoms with Gasteiger partial charge in [-0.1, -0.05) is 13.0 Å². The lowest BCUT2D eigenvalue weighted by Crippen LogP contribution is -2.43. The van der Waals surface area contributed by atoms with Crippen LogP contribution in [0.2, 0.25) is 0 Å². The highest BCUT2D eigenvalue weighted by Crippen LogP contribution is 2.31. The summed E-state index contributed by atoms with van der Waals surface area (Å²) in [5, 5.41) is 17.8. The molecule has 2 atom stereocenters. The van der Waals surface area contributed by atoms with Crippen LogP contribution in [-0.4, -0.2) is 36.4 Å². The van der Waals surface area contributed by atoms with Gasteiger partial charge in [-0.05, 0) is 30.7 Å². The first-order valence-corrected chi connectivity index (χ1v) is 7.71. The highest BCUT2D eigenvalue weighted by atomic mass is 32.2. The van der Waals surface area contributed by atoms with E-state index in [0.29, 0.717) is 12.5 Å². The summed E-state index contributed by atoms with van der Waals surface area (Å²) in [6.07, 6.45) is 2.63. The number of thioether (sulfide) groups is 1. The molecule has 4 N–H and O–H groups in total. The third-order valence-corrected chi connectivity index (χ3v) is 4.53. The van der Waals surface area contributed by atoms with E-state index in [2.05, 4.69) is 11.8 Å². The quantitative estimate of drug-likeness (QED) is 0.449. The largest absolute Gasteiger partial charge is 0.391 e. The van der Waals surface area contributed by atoms with Gasteiger partial charge < -0.3 is 15.7 Å². The number of aliphatic hydroxyl groups is 1. The van der Waals surface area contributed by atoms with Crippen LogP contribution in [0.1, 0.15) is 18.9 Å². The van der Waals surface area contributed by atoms with Crippen molar-refractivity contribution in [1.82, 2.24) is 0 Å². The van der Waals surface area contributed by atoms with Gasteiger partial charge in [0.05, 0.1) is 11.7 Å². The van der Waals surface area contributed by atoms with Crippen LogP contribution in [0.5, 0.6) is 0 Å². The molecule has 0 aliphatic carbocycles. The fraction of sp³-hybridized carbons (Fsp3) is 0.500. The molecule has 5 heteroatoms. The zero-order chi connectivity index (χ0) is 14.0. The van der Waals surface area contributed by atoms with Gasteiger partial charge in [-0.2, -0.15) is 0 Å². The molecule has 1 aromatic carbocycles. The molecular weight excluding hydrogens is 258 g/mol. The molecular formula is C14H21N3OS. The number of amidine groups is 1. The van der Waals surface area contributed by atoms with Crippen molar-refractivity contribution < 1.29 is 5.11 Å². The van der Waals surface area contributed by atoms with Crippen molar-refractivity contribution >= 4 is 23.3 Å². The van der Waals surface area contributed by atoms with E-state index in [1.165, 1.54) is 0 Å². The smallest absolute Gasteiger partial charge is 0.126 e. The molecule has 1 aliphatic heterocycles. The van der Waals surface area contributed by atoms with Gasteiger partial charge in [-0.25, -0.2) is 0 Å². The summed E-state index contributed by atoms with van der Waals surface area (Å²) in [5.74, 6) is 0.425. The minimum atomic E-state index is -0.313. The number of nitrogens with zero attached hydrogens (tertiary/aromatic N) is 1.